The fourth-order valence-electron chi connectivity index (χ4n) is 2.36. The number of alkyl halides is 3. The Morgan fingerprint density at radius 1 is 1.38 bits per heavy atom. The molecule has 0 radical (unpaired) electrons. The van der Waals surface area contributed by atoms with Crippen LogP contribution >= 0.6 is 0 Å². The molecule has 14 heteroatoms. The van der Waals surface area contributed by atoms with Crippen LogP contribution in [-0.4, -0.2) is 61.8 Å². The van der Waals surface area contributed by atoms with Gasteiger partial charge in [-0.15, -0.1) is 0 Å². The number of anilines is 1. The van der Waals surface area contributed by atoms with Crippen LogP contribution in [-0.2, 0) is 0 Å². The van der Waals surface area contributed by atoms with Crippen molar-refractivity contribution in [1.29, 1.82) is 0 Å². The van der Waals surface area contributed by atoms with E-state index in [9.17, 15) is 32.4 Å². The normalized spacial score (nSPS) is 19.2. The van der Waals surface area contributed by atoms with Gasteiger partial charge in [-0.25, -0.2) is 14.3 Å². The molecule has 0 spiro atoms. The number of nitrogens with one attached hydrogen (secondary N) is 1. The summed E-state index contributed by atoms with van der Waals surface area (Å²) >= 11 is 0. The molecule has 1 atom stereocenters. The molecule has 1 aromatic heterocycles. The van der Waals surface area contributed by atoms with Gasteiger partial charge in [0.2, 0.25) is 5.95 Å². The predicted molar refractivity (Wildman–Crippen MR) is 72.1 cm³/mol. The number of carbonyl (C=O) groups excluding carboxylic acids is 1. The molecular weight excluding hydrogens is 413 g/mol. The number of hydrogen-bond donors (Lipinski definition) is 1. The van der Waals surface area contributed by atoms with Crippen LogP contribution in [0.3, 0.4) is 0 Å². The van der Waals surface area contributed by atoms with Crippen LogP contribution in [0.1, 0.15) is 10.5 Å². The second-order valence-corrected chi connectivity index (χ2v) is 5.08. The second-order valence-electron chi connectivity index (χ2n) is 5.08. The second kappa shape index (κ2) is 11.5. The molecule has 0 aliphatic carbocycles. The number of hydrogen-bond acceptors (Lipinski definition) is 6. The van der Waals surface area contributed by atoms with Crippen molar-refractivity contribution in [2.75, 3.05) is 31.5 Å². The van der Waals surface area contributed by atoms with E-state index in [1.807, 2.05) is 0 Å². The van der Waals surface area contributed by atoms with Gasteiger partial charge in [0.1, 0.15) is 5.69 Å². The Labute approximate surface area is 232 Å². The Balaban J connectivity index is 0.00000312. The molecule has 1 saturated heterocycles. The molecule has 7 nitrogen and oxygen atoms in total. The summed E-state index contributed by atoms with van der Waals surface area (Å²) in [7, 11) is -1.26. The summed E-state index contributed by atoms with van der Waals surface area (Å²) in [6, 6.07) is -2.10. The Morgan fingerprint density at radius 2 is 2.00 bits per heavy atom. The van der Waals surface area contributed by atoms with Gasteiger partial charge in [0.05, 0.1) is 5.69 Å². The average molecular weight is 426 g/mol. The molecule has 1 amide bonds. The van der Waals surface area contributed by atoms with Gasteiger partial charge in [-0.3, -0.25) is 4.79 Å². The van der Waals surface area contributed by atoms with Gasteiger partial charge in [-0.1, -0.05) is 13.6 Å². The van der Waals surface area contributed by atoms with Gasteiger partial charge >= 0.3 is 109 Å². The molecule has 2 rings (SSSR count). The first kappa shape index (κ1) is 27.4. The molecule has 0 saturated carbocycles. The predicted octanol–water partition coefficient (Wildman–Crippen LogP) is -7.65. The number of piperazine rings is 1. The van der Waals surface area contributed by atoms with Crippen LogP contribution in [0.5, 0.6) is 0 Å². The average Bonchev–Trinajstić information content (AvgIpc) is 2.52. The van der Waals surface area contributed by atoms with E-state index < -0.39 is 50.0 Å². The third kappa shape index (κ3) is 6.18. The number of halogens is 4. The van der Waals surface area contributed by atoms with Crippen molar-refractivity contribution in [1.82, 2.24) is 15.2 Å². The topological polar surface area (TPSA) is 94.6 Å². The molecule has 26 heavy (non-hydrogen) atoms. The number of aromatic nitrogens is 1. The largest absolute Gasteiger partial charge is 1.00 e. The maximum atomic E-state index is 14.2. The molecule has 1 aliphatic rings. The van der Waals surface area contributed by atoms with E-state index in [4.69, 9.17) is 0 Å². The Bertz CT molecular complexity index is 632. The maximum Gasteiger partial charge on any atom is 1.00 e. The van der Waals surface area contributed by atoms with Crippen molar-refractivity contribution in [2.24, 2.45) is 0 Å². The molecule has 1 unspecified atom stereocenters. The smallest absolute Gasteiger partial charge is 0.892 e. The zero-order valence-electron chi connectivity index (χ0n) is 14.5. The van der Waals surface area contributed by atoms with E-state index >= 15 is 0 Å². The number of amides is 1. The quantitative estimate of drug-likeness (QED) is 0.223. The van der Waals surface area contributed by atoms with Gasteiger partial charge < -0.3 is 20.3 Å². The fraction of sp³-hybridized carbons (Fsp3) is 0.500. The minimum absolute atomic E-state index is 0. The van der Waals surface area contributed by atoms with Crippen molar-refractivity contribution in [3.8, 4) is 0 Å². The maximum absolute atomic E-state index is 14.2. The minimum atomic E-state index is -4.14. The van der Waals surface area contributed by atoms with Gasteiger partial charge in [-0.2, -0.15) is 13.2 Å². The molecule has 1 N–H and O–H groups in total. The zero-order valence-corrected chi connectivity index (χ0v) is 20.8. The number of rotatable bonds is 4. The van der Waals surface area contributed by atoms with Crippen molar-refractivity contribution in [3.63, 3.8) is 0 Å². The standard InChI is InChI=1S/C12H13BF4N4O3.2K/c1-18-10(22)7-2-3-8(9(14)19-7)21-5-4-20(6-13(23)24)12(16,17)11(21)15;;/h2-3,11H,4-6H2,1H3,(H,18,22);;/q-2;2*+1. The van der Waals surface area contributed by atoms with Gasteiger partial charge in [0.25, 0.3) is 12.2 Å². The molecule has 1 aromatic rings. The van der Waals surface area contributed by atoms with Gasteiger partial charge in [-0.05, 0) is 12.1 Å². The van der Waals surface area contributed by atoms with E-state index in [1.165, 1.54) is 7.05 Å². The van der Waals surface area contributed by atoms with Crippen LogP contribution in [0.25, 0.3) is 0 Å². The molecule has 0 aromatic carbocycles. The third-order valence-corrected chi connectivity index (χ3v) is 3.56. The molecule has 2 heterocycles. The third-order valence-electron chi connectivity index (χ3n) is 3.56. The van der Waals surface area contributed by atoms with Crippen LogP contribution < -0.4 is 123 Å². The van der Waals surface area contributed by atoms with Crippen molar-refractivity contribution < 1.29 is 135 Å². The summed E-state index contributed by atoms with van der Waals surface area (Å²) in [5, 5.41) is 23.3. The molecule has 132 valence electrons. The minimum Gasteiger partial charge on any atom is -0.892 e. The van der Waals surface area contributed by atoms with E-state index in [0.717, 1.165) is 12.1 Å². The van der Waals surface area contributed by atoms with Crippen molar-refractivity contribution in [2.45, 2.75) is 12.3 Å². The van der Waals surface area contributed by atoms with Crippen LogP contribution in [0, 0.1) is 5.95 Å². The van der Waals surface area contributed by atoms with E-state index in [1.54, 1.807) is 0 Å². The Hall–Kier alpha value is 1.36. The molecular formula is C12H13BF4K2N4O3. The Kier molecular flexibility index (Phi) is 12.1. The summed E-state index contributed by atoms with van der Waals surface area (Å²) in [5.74, 6) is -1.97. The number of nitrogens with zero attached hydrogens (tertiary/aromatic N) is 3. The van der Waals surface area contributed by atoms with Gasteiger partial charge in [0, 0.05) is 20.1 Å². The summed E-state index contributed by atoms with van der Waals surface area (Å²) in [4.78, 5) is 15.3. The first-order chi connectivity index (χ1) is 11.2. The summed E-state index contributed by atoms with van der Waals surface area (Å²) in [6.07, 6.45) is -4.05. The number of carbonyl (C=O) groups is 1. The molecule has 1 fully saturated rings. The van der Waals surface area contributed by atoms with E-state index in [0.29, 0.717) is 4.90 Å². The molecule has 0 bridgehead atoms. The van der Waals surface area contributed by atoms with Crippen molar-refractivity contribution >= 4 is 18.7 Å². The van der Waals surface area contributed by atoms with E-state index in [2.05, 4.69) is 10.3 Å². The Morgan fingerprint density at radius 3 is 2.50 bits per heavy atom. The summed E-state index contributed by atoms with van der Waals surface area (Å²) in [5.41, 5.74) is -0.838. The first-order valence-corrected chi connectivity index (χ1v) is 6.92. The van der Waals surface area contributed by atoms with Crippen LogP contribution in [0.15, 0.2) is 12.1 Å². The zero-order chi connectivity index (χ0) is 18.1. The first-order valence-electron chi connectivity index (χ1n) is 6.92. The van der Waals surface area contributed by atoms with Crippen LogP contribution in [0.4, 0.5) is 23.2 Å². The fourth-order valence-corrected chi connectivity index (χ4v) is 2.36. The summed E-state index contributed by atoms with van der Waals surface area (Å²) < 4.78 is 56.1. The summed E-state index contributed by atoms with van der Waals surface area (Å²) in [6.45, 7) is -0.896. The van der Waals surface area contributed by atoms with Gasteiger partial charge in [0.15, 0.2) is 0 Å². The number of pyridine rings is 1. The SMILES string of the molecule is CNC(=O)c1ccc(N2CCN(CB([O-])[O-])C(F)(F)C2F)c(F)n1.[K+].[K+]. The van der Waals surface area contributed by atoms with Crippen LogP contribution in [0.2, 0.25) is 0 Å². The monoisotopic (exact) mass is 426 g/mol. The van der Waals surface area contributed by atoms with E-state index in [-0.39, 0.29) is 120 Å². The van der Waals surface area contributed by atoms with Crippen molar-refractivity contribution in [3.05, 3.63) is 23.8 Å². The molecule has 1 aliphatic heterocycles.